The van der Waals surface area contributed by atoms with E-state index in [1.54, 1.807) is 0 Å². The van der Waals surface area contributed by atoms with Gasteiger partial charge in [-0.15, -0.1) is 0 Å². The Labute approximate surface area is 131 Å². The van der Waals surface area contributed by atoms with Crippen LogP contribution in [0.4, 0.5) is 0 Å². The highest BCUT2D eigenvalue weighted by atomic mass is 16.6. The number of unbranched alkanes of at least 4 members (excludes halogenated alkanes) is 9. The molecule has 0 N–H and O–H groups in total. The lowest BCUT2D eigenvalue weighted by molar-refractivity contribution is -0.151. The molecule has 0 spiro atoms. The van der Waals surface area contributed by atoms with E-state index in [9.17, 15) is 4.79 Å². The summed E-state index contributed by atoms with van der Waals surface area (Å²) in [6, 6.07) is 0. The molecule has 0 amide bonds. The number of carbonyl (C=O) groups excluding carboxylic acids is 1. The first kappa shape index (κ1) is 20.2. The molecule has 1 atom stereocenters. The molecular weight excluding hydrogens is 264 g/mol. The minimum Gasteiger partial charge on any atom is -0.467 e. The zero-order valence-corrected chi connectivity index (χ0v) is 14.2. The number of methoxy groups -OCH3 is 2. The maximum absolute atomic E-state index is 11.3. The molecule has 0 bridgehead atoms. The summed E-state index contributed by atoms with van der Waals surface area (Å²) in [7, 11) is 2.93. The molecule has 3 nitrogen and oxygen atoms in total. The Kier molecular flexibility index (Phi) is 14.9. The number of hydrogen-bond donors (Lipinski definition) is 0. The van der Waals surface area contributed by atoms with Crippen LogP contribution >= 0.6 is 0 Å². The molecule has 0 aliphatic heterocycles. The summed E-state index contributed by atoms with van der Waals surface area (Å²) in [5, 5.41) is 0. The fourth-order valence-corrected chi connectivity index (χ4v) is 2.33. The second-order valence-electron chi connectivity index (χ2n) is 5.57. The van der Waals surface area contributed by atoms with Crippen molar-refractivity contribution in [2.75, 3.05) is 14.2 Å². The van der Waals surface area contributed by atoms with Gasteiger partial charge in [0.2, 0.25) is 0 Å². The smallest absolute Gasteiger partial charge is 0.335 e. The average Bonchev–Trinajstić information content (AvgIpc) is 2.51. The highest BCUT2D eigenvalue weighted by Crippen LogP contribution is 2.11. The summed E-state index contributed by atoms with van der Waals surface area (Å²) < 4.78 is 9.74. The third-order valence-electron chi connectivity index (χ3n) is 3.74. The first-order valence-corrected chi connectivity index (χ1v) is 8.51. The van der Waals surface area contributed by atoms with E-state index in [1.165, 1.54) is 72.0 Å². The van der Waals surface area contributed by atoms with Crippen LogP contribution in [-0.4, -0.2) is 26.3 Å². The Balaban J connectivity index is 3.38. The van der Waals surface area contributed by atoms with Crippen LogP contribution < -0.4 is 0 Å². The van der Waals surface area contributed by atoms with Crippen LogP contribution in [0.1, 0.15) is 77.6 Å². The maximum atomic E-state index is 11.3. The first-order valence-electron chi connectivity index (χ1n) is 8.51. The van der Waals surface area contributed by atoms with Crippen LogP contribution in [0.3, 0.4) is 0 Å². The fourth-order valence-electron chi connectivity index (χ4n) is 2.33. The van der Waals surface area contributed by atoms with Crippen molar-refractivity contribution in [2.24, 2.45) is 0 Å². The van der Waals surface area contributed by atoms with Crippen LogP contribution in [-0.2, 0) is 14.3 Å². The van der Waals surface area contributed by atoms with E-state index in [0.717, 1.165) is 6.42 Å². The van der Waals surface area contributed by atoms with E-state index in [2.05, 4.69) is 17.7 Å². The largest absolute Gasteiger partial charge is 0.467 e. The fraction of sp³-hybridized carbons (Fsp3) is 0.833. The molecule has 0 heterocycles. The Morgan fingerprint density at radius 3 is 2.00 bits per heavy atom. The predicted molar refractivity (Wildman–Crippen MR) is 88.4 cm³/mol. The molecule has 0 rings (SSSR count). The lowest BCUT2D eigenvalue weighted by atomic mass is 10.1. The van der Waals surface area contributed by atoms with Crippen molar-refractivity contribution in [1.82, 2.24) is 0 Å². The molecule has 0 fully saturated rings. The molecule has 0 aromatic carbocycles. The predicted octanol–water partition coefficient (Wildman–Crippen LogP) is 5.04. The van der Waals surface area contributed by atoms with Crippen LogP contribution in [0, 0.1) is 0 Å². The van der Waals surface area contributed by atoms with Gasteiger partial charge in [-0.05, 0) is 12.8 Å². The Morgan fingerprint density at radius 2 is 1.48 bits per heavy atom. The topological polar surface area (TPSA) is 35.5 Å². The molecule has 0 radical (unpaired) electrons. The molecule has 0 aromatic heterocycles. The zero-order chi connectivity index (χ0) is 15.8. The summed E-state index contributed by atoms with van der Waals surface area (Å²) in [5.41, 5.74) is 0. The summed E-state index contributed by atoms with van der Waals surface area (Å²) in [6.07, 6.45) is 17.6. The molecule has 0 saturated carbocycles. The Bertz CT molecular complexity index is 261. The number of rotatable bonds is 14. The van der Waals surface area contributed by atoms with E-state index < -0.39 is 6.10 Å². The highest BCUT2D eigenvalue weighted by molar-refractivity contribution is 5.74. The van der Waals surface area contributed by atoms with Gasteiger partial charge < -0.3 is 9.47 Å². The number of esters is 1. The molecule has 0 aliphatic carbocycles. The summed E-state index contributed by atoms with van der Waals surface area (Å²) in [4.78, 5) is 11.3. The second kappa shape index (κ2) is 15.6. The van der Waals surface area contributed by atoms with Crippen molar-refractivity contribution >= 4 is 5.97 Å². The summed E-state index contributed by atoms with van der Waals surface area (Å²) >= 11 is 0. The monoisotopic (exact) mass is 298 g/mol. The van der Waals surface area contributed by atoms with Crippen molar-refractivity contribution < 1.29 is 14.3 Å². The molecule has 0 aromatic rings. The highest BCUT2D eigenvalue weighted by Gasteiger charge is 2.15. The SMILES string of the molecule is CCCCCCCCCCCC=CCC(OC)C(=O)OC. The molecule has 3 heteroatoms. The Morgan fingerprint density at radius 1 is 0.905 bits per heavy atom. The average molecular weight is 298 g/mol. The van der Waals surface area contributed by atoms with E-state index in [1.807, 2.05) is 6.08 Å². The third kappa shape index (κ3) is 12.6. The minimum absolute atomic E-state index is 0.301. The van der Waals surface area contributed by atoms with Gasteiger partial charge in [-0.1, -0.05) is 70.4 Å². The molecule has 1 unspecified atom stereocenters. The van der Waals surface area contributed by atoms with Crippen molar-refractivity contribution in [3.05, 3.63) is 12.2 Å². The minimum atomic E-state index is -0.464. The number of hydrogen-bond acceptors (Lipinski definition) is 3. The zero-order valence-electron chi connectivity index (χ0n) is 14.2. The lowest BCUT2D eigenvalue weighted by Crippen LogP contribution is -2.23. The van der Waals surface area contributed by atoms with E-state index in [0.29, 0.717) is 6.42 Å². The molecule has 0 aliphatic rings. The maximum Gasteiger partial charge on any atom is 0.335 e. The molecule has 124 valence electrons. The molecular formula is C18H34O3. The van der Waals surface area contributed by atoms with Crippen molar-refractivity contribution in [3.63, 3.8) is 0 Å². The van der Waals surface area contributed by atoms with Gasteiger partial charge in [-0.2, -0.15) is 0 Å². The van der Waals surface area contributed by atoms with Crippen molar-refractivity contribution in [1.29, 1.82) is 0 Å². The Hall–Kier alpha value is -0.830. The van der Waals surface area contributed by atoms with Gasteiger partial charge in [0, 0.05) is 13.5 Å². The van der Waals surface area contributed by atoms with E-state index >= 15 is 0 Å². The number of carbonyl (C=O) groups is 1. The van der Waals surface area contributed by atoms with Gasteiger partial charge >= 0.3 is 5.97 Å². The van der Waals surface area contributed by atoms with Gasteiger partial charge in [0.25, 0.3) is 0 Å². The van der Waals surface area contributed by atoms with Crippen LogP contribution in [0.2, 0.25) is 0 Å². The molecule has 21 heavy (non-hydrogen) atoms. The standard InChI is InChI=1S/C18H34O3/c1-4-5-6-7-8-9-10-11-12-13-14-15-16-17(20-2)18(19)21-3/h14-15,17H,4-13,16H2,1-3H3. The summed E-state index contributed by atoms with van der Waals surface area (Å²) in [6.45, 7) is 2.26. The second-order valence-corrected chi connectivity index (χ2v) is 5.57. The van der Waals surface area contributed by atoms with Crippen molar-refractivity contribution in [3.8, 4) is 0 Å². The number of allylic oxidation sites excluding steroid dienone is 1. The van der Waals surface area contributed by atoms with Gasteiger partial charge in [-0.3, -0.25) is 0 Å². The first-order chi connectivity index (χ1) is 10.3. The van der Waals surface area contributed by atoms with E-state index in [-0.39, 0.29) is 5.97 Å². The molecule has 0 saturated heterocycles. The third-order valence-corrected chi connectivity index (χ3v) is 3.74. The normalized spacial score (nSPS) is 12.7. The van der Waals surface area contributed by atoms with Gasteiger partial charge in [0.15, 0.2) is 6.10 Å². The van der Waals surface area contributed by atoms with Crippen LogP contribution in [0.5, 0.6) is 0 Å². The van der Waals surface area contributed by atoms with E-state index in [4.69, 9.17) is 4.74 Å². The lowest BCUT2D eigenvalue weighted by Gasteiger charge is -2.09. The van der Waals surface area contributed by atoms with Crippen LogP contribution in [0.15, 0.2) is 12.2 Å². The summed E-state index contributed by atoms with van der Waals surface area (Å²) in [5.74, 6) is -0.301. The van der Waals surface area contributed by atoms with Gasteiger partial charge in [0.1, 0.15) is 0 Å². The van der Waals surface area contributed by atoms with Gasteiger partial charge in [-0.25, -0.2) is 4.79 Å². The van der Waals surface area contributed by atoms with Gasteiger partial charge in [0.05, 0.1) is 7.11 Å². The van der Waals surface area contributed by atoms with Crippen LogP contribution in [0.25, 0.3) is 0 Å². The quantitative estimate of drug-likeness (QED) is 0.256. The van der Waals surface area contributed by atoms with Crippen molar-refractivity contribution in [2.45, 2.75) is 83.7 Å². The number of ether oxygens (including phenoxy) is 2.